The molecule has 0 radical (unpaired) electrons. The van der Waals surface area contributed by atoms with Gasteiger partial charge in [-0.2, -0.15) is 5.10 Å². The predicted molar refractivity (Wildman–Crippen MR) is 74.3 cm³/mol. The predicted octanol–water partition coefficient (Wildman–Crippen LogP) is 1.01. The Labute approximate surface area is 116 Å². The van der Waals surface area contributed by atoms with Gasteiger partial charge in [-0.25, -0.2) is 0 Å². The van der Waals surface area contributed by atoms with Gasteiger partial charge in [0.25, 0.3) is 11.8 Å². The van der Waals surface area contributed by atoms with E-state index in [0.29, 0.717) is 17.7 Å². The highest BCUT2D eigenvalue weighted by Gasteiger charge is 2.10. The number of aromatic nitrogens is 2. The molecule has 2 aromatic rings. The first-order valence-electron chi connectivity index (χ1n) is 6.21. The number of H-pyrrole nitrogens is 1. The summed E-state index contributed by atoms with van der Waals surface area (Å²) < 4.78 is 0. The molecule has 0 fully saturated rings. The Morgan fingerprint density at radius 2 is 1.90 bits per heavy atom. The van der Waals surface area contributed by atoms with Crippen molar-refractivity contribution in [3.63, 3.8) is 0 Å². The third-order valence-electron chi connectivity index (χ3n) is 2.97. The van der Waals surface area contributed by atoms with Crippen molar-refractivity contribution in [3.05, 3.63) is 52.8 Å². The Bertz CT molecular complexity index is 616. The number of nitrogens with one attached hydrogen (secondary N) is 3. The van der Waals surface area contributed by atoms with Crippen LogP contribution in [0.1, 0.15) is 32.0 Å². The van der Waals surface area contributed by atoms with Crippen LogP contribution in [0.5, 0.6) is 0 Å². The van der Waals surface area contributed by atoms with E-state index in [-0.39, 0.29) is 11.8 Å². The normalized spacial score (nSPS) is 10.1. The van der Waals surface area contributed by atoms with Crippen LogP contribution in [0, 0.1) is 6.92 Å². The van der Waals surface area contributed by atoms with Crippen LogP contribution in [0.2, 0.25) is 0 Å². The van der Waals surface area contributed by atoms with Crippen LogP contribution in [-0.2, 0) is 6.54 Å². The van der Waals surface area contributed by atoms with Crippen molar-refractivity contribution in [1.82, 2.24) is 20.8 Å². The second kappa shape index (κ2) is 6.01. The summed E-state index contributed by atoms with van der Waals surface area (Å²) in [5, 5.41) is 11.9. The number of hydrogen-bond donors (Lipinski definition) is 3. The van der Waals surface area contributed by atoms with Gasteiger partial charge in [-0.05, 0) is 24.6 Å². The van der Waals surface area contributed by atoms with E-state index in [1.54, 1.807) is 26.1 Å². The van der Waals surface area contributed by atoms with Gasteiger partial charge < -0.3 is 10.6 Å². The molecule has 3 N–H and O–H groups in total. The zero-order chi connectivity index (χ0) is 14.5. The molecule has 0 saturated heterocycles. The zero-order valence-electron chi connectivity index (χ0n) is 11.4. The van der Waals surface area contributed by atoms with Crippen molar-refractivity contribution < 1.29 is 9.59 Å². The molecule has 0 unspecified atom stereocenters. The van der Waals surface area contributed by atoms with E-state index in [1.165, 1.54) is 6.20 Å². The maximum absolute atomic E-state index is 11.9. The van der Waals surface area contributed by atoms with Gasteiger partial charge in [0.1, 0.15) is 0 Å². The topological polar surface area (TPSA) is 86.9 Å². The van der Waals surface area contributed by atoms with Crippen LogP contribution < -0.4 is 10.6 Å². The van der Waals surface area contributed by atoms with E-state index in [1.807, 2.05) is 12.1 Å². The largest absolute Gasteiger partial charge is 0.355 e. The molecule has 0 aliphatic rings. The number of carbonyl (C=O) groups excluding carboxylic acids is 2. The highest BCUT2D eigenvalue weighted by molar-refractivity contribution is 5.95. The van der Waals surface area contributed by atoms with Crippen LogP contribution >= 0.6 is 0 Å². The summed E-state index contributed by atoms with van der Waals surface area (Å²) in [4.78, 5) is 23.3. The van der Waals surface area contributed by atoms with Gasteiger partial charge in [-0.1, -0.05) is 12.1 Å². The minimum atomic E-state index is -0.174. The minimum absolute atomic E-state index is 0.130. The Morgan fingerprint density at radius 1 is 1.20 bits per heavy atom. The number of hydrogen-bond acceptors (Lipinski definition) is 3. The number of aryl methyl sites for hydroxylation is 1. The summed E-state index contributed by atoms with van der Waals surface area (Å²) in [6, 6.07) is 7.08. The standard InChI is InChI=1S/C14H16N4O2/c1-9-12(8-17-18-9)14(20)16-7-10-3-5-11(6-4-10)13(19)15-2/h3-6,8H,7H2,1-2H3,(H,15,19)(H,16,20)(H,17,18). The lowest BCUT2D eigenvalue weighted by molar-refractivity contribution is 0.0945. The molecule has 1 aromatic carbocycles. The van der Waals surface area contributed by atoms with Crippen molar-refractivity contribution in [2.24, 2.45) is 0 Å². The monoisotopic (exact) mass is 272 g/mol. The fourth-order valence-corrected chi connectivity index (χ4v) is 1.78. The number of aromatic amines is 1. The summed E-state index contributed by atoms with van der Waals surface area (Å²) >= 11 is 0. The summed E-state index contributed by atoms with van der Waals surface area (Å²) in [5.41, 5.74) is 2.78. The van der Waals surface area contributed by atoms with Crippen molar-refractivity contribution in [3.8, 4) is 0 Å². The summed E-state index contributed by atoms with van der Waals surface area (Å²) in [5.74, 6) is -0.304. The molecular weight excluding hydrogens is 256 g/mol. The van der Waals surface area contributed by atoms with Gasteiger partial charge >= 0.3 is 0 Å². The third-order valence-corrected chi connectivity index (χ3v) is 2.97. The smallest absolute Gasteiger partial charge is 0.255 e. The molecule has 1 aromatic heterocycles. The van der Waals surface area contributed by atoms with E-state index in [0.717, 1.165) is 11.3 Å². The molecule has 20 heavy (non-hydrogen) atoms. The molecule has 104 valence electrons. The fraction of sp³-hybridized carbons (Fsp3) is 0.214. The minimum Gasteiger partial charge on any atom is -0.355 e. The highest BCUT2D eigenvalue weighted by atomic mass is 16.2. The highest BCUT2D eigenvalue weighted by Crippen LogP contribution is 2.06. The lowest BCUT2D eigenvalue weighted by Gasteiger charge is -2.06. The second-order valence-corrected chi connectivity index (χ2v) is 4.37. The number of benzene rings is 1. The zero-order valence-corrected chi connectivity index (χ0v) is 11.4. The Morgan fingerprint density at radius 3 is 2.45 bits per heavy atom. The molecule has 0 aliphatic carbocycles. The van der Waals surface area contributed by atoms with Crippen LogP contribution in [0.4, 0.5) is 0 Å². The van der Waals surface area contributed by atoms with E-state index >= 15 is 0 Å². The van der Waals surface area contributed by atoms with E-state index in [9.17, 15) is 9.59 Å². The third kappa shape index (κ3) is 3.03. The van der Waals surface area contributed by atoms with Gasteiger partial charge in [-0.3, -0.25) is 14.7 Å². The van der Waals surface area contributed by atoms with Gasteiger partial charge in [0, 0.05) is 24.8 Å². The summed E-state index contributed by atoms with van der Waals surface area (Å²) in [6.07, 6.45) is 1.50. The molecule has 1 heterocycles. The van der Waals surface area contributed by atoms with Crippen LogP contribution in [0.25, 0.3) is 0 Å². The molecule has 0 spiro atoms. The van der Waals surface area contributed by atoms with Crippen LogP contribution in [0.15, 0.2) is 30.5 Å². The van der Waals surface area contributed by atoms with E-state index in [2.05, 4.69) is 20.8 Å². The number of amides is 2. The van der Waals surface area contributed by atoms with Gasteiger partial charge in [0.05, 0.1) is 11.8 Å². The first kappa shape index (κ1) is 13.8. The number of carbonyl (C=O) groups is 2. The van der Waals surface area contributed by atoms with Gasteiger partial charge in [-0.15, -0.1) is 0 Å². The quantitative estimate of drug-likeness (QED) is 0.776. The Balaban J connectivity index is 1.96. The maximum atomic E-state index is 11.9. The first-order chi connectivity index (χ1) is 9.61. The average Bonchev–Trinajstić information content (AvgIpc) is 2.90. The van der Waals surface area contributed by atoms with Crippen molar-refractivity contribution >= 4 is 11.8 Å². The van der Waals surface area contributed by atoms with E-state index < -0.39 is 0 Å². The van der Waals surface area contributed by atoms with Crippen molar-refractivity contribution in [2.75, 3.05) is 7.05 Å². The Kier molecular flexibility index (Phi) is 4.14. The lowest BCUT2D eigenvalue weighted by Crippen LogP contribution is -2.23. The number of nitrogens with zero attached hydrogens (tertiary/aromatic N) is 1. The SMILES string of the molecule is CNC(=O)c1ccc(CNC(=O)c2cn[nH]c2C)cc1. The van der Waals surface area contributed by atoms with Crippen LogP contribution in [-0.4, -0.2) is 29.1 Å². The first-order valence-corrected chi connectivity index (χ1v) is 6.21. The average molecular weight is 272 g/mol. The van der Waals surface area contributed by atoms with Gasteiger partial charge in [0.2, 0.25) is 0 Å². The molecule has 6 nitrogen and oxygen atoms in total. The Hall–Kier alpha value is -2.63. The van der Waals surface area contributed by atoms with Crippen molar-refractivity contribution in [2.45, 2.75) is 13.5 Å². The lowest BCUT2D eigenvalue weighted by atomic mass is 10.1. The number of rotatable bonds is 4. The van der Waals surface area contributed by atoms with Gasteiger partial charge in [0.15, 0.2) is 0 Å². The molecule has 0 atom stereocenters. The fourth-order valence-electron chi connectivity index (χ4n) is 1.78. The molecule has 0 aliphatic heterocycles. The van der Waals surface area contributed by atoms with Crippen LogP contribution in [0.3, 0.4) is 0 Å². The molecule has 2 amide bonds. The second-order valence-electron chi connectivity index (χ2n) is 4.37. The molecule has 6 heteroatoms. The molecular formula is C14H16N4O2. The van der Waals surface area contributed by atoms with E-state index in [4.69, 9.17) is 0 Å². The van der Waals surface area contributed by atoms with Crippen molar-refractivity contribution in [1.29, 1.82) is 0 Å². The molecule has 0 saturated carbocycles. The summed E-state index contributed by atoms with van der Waals surface area (Å²) in [7, 11) is 1.59. The molecule has 0 bridgehead atoms. The maximum Gasteiger partial charge on any atom is 0.255 e. The molecule has 2 rings (SSSR count). The summed E-state index contributed by atoms with van der Waals surface area (Å²) in [6.45, 7) is 2.19.